The van der Waals surface area contributed by atoms with Gasteiger partial charge >= 0.3 is 0 Å². The monoisotopic (exact) mass is 247 g/mol. The van der Waals surface area contributed by atoms with E-state index in [0.29, 0.717) is 6.04 Å². The van der Waals surface area contributed by atoms with Gasteiger partial charge in [0.1, 0.15) is 5.82 Å². The van der Waals surface area contributed by atoms with Gasteiger partial charge in [-0.05, 0) is 43.5 Å². The van der Waals surface area contributed by atoms with Crippen LogP contribution >= 0.6 is 0 Å². The van der Waals surface area contributed by atoms with E-state index >= 15 is 0 Å². The molecule has 2 rings (SSSR count). The summed E-state index contributed by atoms with van der Waals surface area (Å²) in [7, 11) is 2.19. The number of hydrogen-bond donors (Lipinski definition) is 1. The molecule has 3 nitrogen and oxygen atoms in total. The van der Waals surface area contributed by atoms with Gasteiger partial charge in [-0.3, -0.25) is 0 Å². The number of anilines is 1. The molecule has 1 saturated carbocycles. The average Bonchev–Trinajstić information content (AvgIpc) is 2.89. The van der Waals surface area contributed by atoms with Crippen LogP contribution in [0.25, 0.3) is 0 Å². The number of pyridine rings is 1. The van der Waals surface area contributed by atoms with Crippen molar-refractivity contribution in [3.63, 3.8) is 0 Å². The van der Waals surface area contributed by atoms with Crippen LogP contribution in [0.5, 0.6) is 0 Å². The molecule has 0 amide bonds. The van der Waals surface area contributed by atoms with Gasteiger partial charge in [0, 0.05) is 25.8 Å². The predicted octanol–water partition coefficient (Wildman–Crippen LogP) is 2.88. The quantitative estimate of drug-likeness (QED) is 0.867. The molecule has 1 aromatic rings. The summed E-state index contributed by atoms with van der Waals surface area (Å²) >= 11 is 0. The number of rotatable bonds is 5. The van der Waals surface area contributed by atoms with Gasteiger partial charge < -0.3 is 10.2 Å². The highest BCUT2D eigenvalue weighted by molar-refractivity contribution is 5.47. The van der Waals surface area contributed by atoms with Crippen LogP contribution in [0.15, 0.2) is 12.3 Å². The van der Waals surface area contributed by atoms with Crippen molar-refractivity contribution in [1.82, 2.24) is 10.3 Å². The third kappa shape index (κ3) is 3.02. The number of nitrogens with zero attached hydrogens (tertiary/aromatic N) is 2. The molecule has 1 N–H and O–H groups in total. The van der Waals surface area contributed by atoms with Gasteiger partial charge in [-0.1, -0.05) is 19.8 Å². The third-order valence-corrected chi connectivity index (χ3v) is 3.89. The molecular weight excluding hydrogens is 222 g/mol. The fourth-order valence-corrected chi connectivity index (χ4v) is 2.83. The summed E-state index contributed by atoms with van der Waals surface area (Å²) in [5.41, 5.74) is 2.57. The lowest BCUT2D eigenvalue weighted by molar-refractivity contribution is 0.643. The van der Waals surface area contributed by atoms with Crippen molar-refractivity contribution in [2.75, 3.05) is 18.5 Å². The van der Waals surface area contributed by atoms with Crippen molar-refractivity contribution in [3.05, 3.63) is 23.4 Å². The van der Waals surface area contributed by atoms with Crippen molar-refractivity contribution in [2.24, 2.45) is 0 Å². The van der Waals surface area contributed by atoms with Gasteiger partial charge in [0.25, 0.3) is 0 Å². The lowest BCUT2D eigenvalue weighted by Crippen LogP contribution is -2.30. The molecule has 0 aromatic carbocycles. The number of nitrogens with one attached hydrogen (secondary N) is 1. The number of aromatic nitrogens is 1. The third-order valence-electron chi connectivity index (χ3n) is 3.89. The lowest BCUT2D eigenvalue weighted by Gasteiger charge is -2.27. The molecule has 1 aromatic heterocycles. The molecule has 0 atom stereocenters. The van der Waals surface area contributed by atoms with Crippen LogP contribution in [0.1, 0.15) is 43.7 Å². The molecule has 0 saturated heterocycles. The first kappa shape index (κ1) is 13.3. The second kappa shape index (κ2) is 6.19. The van der Waals surface area contributed by atoms with Crippen molar-refractivity contribution in [2.45, 2.75) is 52.1 Å². The van der Waals surface area contributed by atoms with Crippen LogP contribution in [-0.2, 0) is 6.54 Å². The number of hydrogen-bond acceptors (Lipinski definition) is 3. The minimum atomic E-state index is 0.691. The topological polar surface area (TPSA) is 28.2 Å². The first-order valence-electron chi connectivity index (χ1n) is 7.11. The fraction of sp³-hybridized carbons (Fsp3) is 0.667. The lowest BCUT2D eigenvalue weighted by atomic mass is 10.1. The molecule has 0 bridgehead atoms. The van der Waals surface area contributed by atoms with E-state index in [2.05, 4.69) is 42.2 Å². The largest absolute Gasteiger partial charge is 0.356 e. The Kier molecular flexibility index (Phi) is 4.59. The minimum Gasteiger partial charge on any atom is -0.356 e. The van der Waals surface area contributed by atoms with E-state index in [4.69, 9.17) is 0 Å². The zero-order chi connectivity index (χ0) is 13.0. The molecule has 1 aliphatic rings. The Bertz CT molecular complexity index is 383. The number of aryl methyl sites for hydroxylation is 1. The standard InChI is InChI=1S/C15H25N3/c1-4-16-10-13-9-12(2)15(17-11-13)18(3)14-7-5-6-8-14/h9,11,14,16H,4-8,10H2,1-3H3. The van der Waals surface area contributed by atoms with E-state index in [1.807, 2.05) is 6.20 Å². The molecule has 1 aliphatic carbocycles. The summed E-state index contributed by atoms with van der Waals surface area (Å²) in [5, 5.41) is 3.34. The van der Waals surface area contributed by atoms with E-state index in [1.165, 1.54) is 36.8 Å². The molecule has 0 radical (unpaired) electrons. The minimum absolute atomic E-state index is 0.691. The van der Waals surface area contributed by atoms with Crippen LogP contribution in [-0.4, -0.2) is 24.6 Å². The molecule has 1 fully saturated rings. The molecular formula is C15H25N3. The average molecular weight is 247 g/mol. The van der Waals surface area contributed by atoms with Crippen molar-refractivity contribution in [3.8, 4) is 0 Å². The first-order valence-corrected chi connectivity index (χ1v) is 7.11. The van der Waals surface area contributed by atoms with E-state index in [0.717, 1.165) is 18.9 Å². The second-order valence-electron chi connectivity index (χ2n) is 5.31. The van der Waals surface area contributed by atoms with Gasteiger partial charge in [-0.25, -0.2) is 4.98 Å². The van der Waals surface area contributed by atoms with Gasteiger partial charge in [-0.15, -0.1) is 0 Å². The zero-order valence-corrected chi connectivity index (χ0v) is 11.9. The van der Waals surface area contributed by atoms with Gasteiger partial charge in [0.2, 0.25) is 0 Å². The van der Waals surface area contributed by atoms with E-state index < -0.39 is 0 Å². The van der Waals surface area contributed by atoms with Crippen molar-refractivity contribution in [1.29, 1.82) is 0 Å². The van der Waals surface area contributed by atoms with Crippen LogP contribution in [0.4, 0.5) is 5.82 Å². The maximum Gasteiger partial charge on any atom is 0.131 e. The first-order chi connectivity index (χ1) is 8.72. The van der Waals surface area contributed by atoms with E-state index in [1.54, 1.807) is 0 Å². The molecule has 0 unspecified atom stereocenters. The maximum atomic E-state index is 4.66. The second-order valence-corrected chi connectivity index (χ2v) is 5.31. The van der Waals surface area contributed by atoms with Crippen LogP contribution in [0, 0.1) is 6.92 Å². The van der Waals surface area contributed by atoms with Gasteiger partial charge in [-0.2, -0.15) is 0 Å². The van der Waals surface area contributed by atoms with E-state index in [-0.39, 0.29) is 0 Å². The Morgan fingerprint density at radius 1 is 1.39 bits per heavy atom. The Morgan fingerprint density at radius 3 is 2.72 bits per heavy atom. The van der Waals surface area contributed by atoms with Crippen LogP contribution < -0.4 is 10.2 Å². The Morgan fingerprint density at radius 2 is 2.11 bits per heavy atom. The molecule has 1 heterocycles. The molecule has 18 heavy (non-hydrogen) atoms. The fourth-order valence-electron chi connectivity index (χ4n) is 2.83. The summed E-state index contributed by atoms with van der Waals surface area (Å²) < 4.78 is 0. The molecule has 100 valence electrons. The molecule has 3 heteroatoms. The summed E-state index contributed by atoms with van der Waals surface area (Å²) in [4.78, 5) is 7.04. The summed E-state index contributed by atoms with van der Waals surface area (Å²) in [5.74, 6) is 1.15. The maximum absolute atomic E-state index is 4.66. The molecule has 0 aliphatic heterocycles. The Hall–Kier alpha value is -1.09. The highest BCUT2D eigenvalue weighted by Crippen LogP contribution is 2.27. The SMILES string of the molecule is CCNCc1cnc(N(C)C2CCCC2)c(C)c1. The zero-order valence-electron chi connectivity index (χ0n) is 11.9. The van der Waals surface area contributed by atoms with Crippen LogP contribution in [0.3, 0.4) is 0 Å². The Labute approximate surface area is 111 Å². The highest BCUT2D eigenvalue weighted by atomic mass is 15.2. The summed E-state index contributed by atoms with van der Waals surface area (Å²) in [6, 6.07) is 2.95. The molecule has 0 spiro atoms. The smallest absolute Gasteiger partial charge is 0.131 e. The Balaban J connectivity index is 2.08. The summed E-state index contributed by atoms with van der Waals surface area (Å²) in [6.07, 6.45) is 7.38. The summed E-state index contributed by atoms with van der Waals surface area (Å²) in [6.45, 7) is 6.21. The van der Waals surface area contributed by atoms with E-state index in [9.17, 15) is 0 Å². The van der Waals surface area contributed by atoms with Gasteiger partial charge in [0.15, 0.2) is 0 Å². The van der Waals surface area contributed by atoms with Crippen LogP contribution in [0.2, 0.25) is 0 Å². The normalized spacial score (nSPS) is 16.2. The highest BCUT2D eigenvalue weighted by Gasteiger charge is 2.21. The van der Waals surface area contributed by atoms with Crippen molar-refractivity contribution < 1.29 is 0 Å². The van der Waals surface area contributed by atoms with Crippen molar-refractivity contribution >= 4 is 5.82 Å². The predicted molar refractivity (Wildman–Crippen MR) is 77.0 cm³/mol. The van der Waals surface area contributed by atoms with Gasteiger partial charge in [0.05, 0.1) is 0 Å².